The number of rotatable bonds is 4. The van der Waals surface area contributed by atoms with Gasteiger partial charge in [-0.25, -0.2) is 0 Å². The second-order valence-corrected chi connectivity index (χ2v) is 3.23. The summed E-state index contributed by atoms with van der Waals surface area (Å²) in [5.41, 5.74) is 4.14. The first-order valence-electron chi connectivity index (χ1n) is 4.34. The third kappa shape index (κ3) is 4.11. The summed E-state index contributed by atoms with van der Waals surface area (Å²) in [7, 11) is 0. The van der Waals surface area contributed by atoms with E-state index in [0.717, 1.165) is 13.1 Å². The van der Waals surface area contributed by atoms with E-state index in [1.54, 1.807) is 0 Å². The van der Waals surface area contributed by atoms with Gasteiger partial charge >= 0.3 is 0 Å². The molecule has 0 saturated heterocycles. The number of nitrogens with one attached hydrogen (secondary N) is 1. The molecule has 1 nitrogen and oxygen atoms in total. The summed E-state index contributed by atoms with van der Waals surface area (Å²) >= 11 is 5.39. The summed E-state index contributed by atoms with van der Waals surface area (Å²) in [4.78, 5) is 0. The fourth-order valence-corrected chi connectivity index (χ4v) is 1.26. The lowest BCUT2D eigenvalue weighted by Crippen LogP contribution is -2.12. The van der Waals surface area contributed by atoms with E-state index in [-0.39, 0.29) is 0 Å². The molecule has 0 saturated carbocycles. The van der Waals surface area contributed by atoms with Crippen LogP contribution < -0.4 is 5.32 Å². The van der Waals surface area contributed by atoms with Gasteiger partial charge in [-0.1, -0.05) is 47.5 Å². The molecule has 0 spiro atoms. The van der Waals surface area contributed by atoms with Crippen molar-refractivity contribution < 1.29 is 0 Å². The van der Waals surface area contributed by atoms with E-state index >= 15 is 0 Å². The Balaban J connectivity index is 2.36. The molecule has 0 aliphatic rings. The Morgan fingerprint density at radius 1 is 1.46 bits per heavy atom. The standard InChI is InChI=1S/C11H14ClN/c1-10-4-2-5-11(8-10)9-13-7-3-6-12/h2-6,8,13H,7,9H2,1H3/b6-3+. The Hall–Kier alpha value is -0.790. The maximum Gasteiger partial charge on any atom is 0.0208 e. The first-order chi connectivity index (χ1) is 6.33. The van der Waals surface area contributed by atoms with Crippen molar-refractivity contribution in [2.45, 2.75) is 13.5 Å². The predicted octanol–water partition coefficient (Wildman–Crippen LogP) is 2.84. The Morgan fingerprint density at radius 3 is 3.00 bits per heavy atom. The van der Waals surface area contributed by atoms with Gasteiger partial charge in [-0.05, 0) is 12.5 Å². The molecular weight excluding hydrogens is 182 g/mol. The largest absolute Gasteiger partial charge is 0.309 e. The first kappa shape index (κ1) is 10.3. The van der Waals surface area contributed by atoms with Gasteiger partial charge in [-0.2, -0.15) is 0 Å². The second-order valence-electron chi connectivity index (χ2n) is 2.98. The van der Waals surface area contributed by atoms with Crippen LogP contribution in [0.3, 0.4) is 0 Å². The Bertz CT molecular complexity index is 281. The molecule has 1 N–H and O–H groups in total. The van der Waals surface area contributed by atoms with Crippen LogP contribution in [-0.2, 0) is 6.54 Å². The number of benzene rings is 1. The van der Waals surface area contributed by atoms with Gasteiger partial charge in [0.05, 0.1) is 0 Å². The smallest absolute Gasteiger partial charge is 0.0208 e. The van der Waals surface area contributed by atoms with E-state index < -0.39 is 0 Å². The normalized spacial score (nSPS) is 10.9. The Labute approximate surface area is 84.4 Å². The van der Waals surface area contributed by atoms with Gasteiger partial charge in [0.1, 0.15) is 0 Å². The molecule has 0 aromatic heterocycles. The van der Waals surface area contributed by atoms with Gasteiger partial charge in [0.2, 0.25) is 0 Å². The van der Waals surface area contributed by atoms with Crippen LogP contribution in [-0.4, -0.2) is 6.54 Å². The maximum atomic E-state index is 5.39. The highest BCUT2D eigenvalue weighted by Gasteiger charge is 1.90. The van der Waals surface area contributed by atoms with Crippen LogP contribution in [0.2, 0.25) is 0 Å². The van der Waals surface area contributed by atoms with Crippen LogP contribution in [0.4, 0.5) is 0 Å². The molecule has 2 heteroatoms. The topological polar surface area (TPSA) is 12.0 Å². The van der Waals surface area contributed by atoms with E-state index in [1.165, 1.54) is 16.7 Å². The van der Waals surface area contributed by atoms with Crippen molar-refractivity contribution in [1.29, 1.82) is 0 Å². The van der Waals surface area contributed by atoms with Crippen molar-refractivity contribution in [1.82, 2.24) is 5.32 Å². The maximum absolute atomic E-state index is 5.39. The summed E-state index contributed by atoms with van der Waals surface area (Å²) in [6.45, 7) is 3.81. The molecule has 0 heterocycles. The van der Waals surface area contributed by atoms with Gasteiger partial charge in [-0.3, -0.25) is 0 Å². The van der Waals surface area contributed by atoms with Crippen molar-refractivity contribution in [2.75, 3.05) is 6.54 Å². The minimum atomic E-state index is 0.817. The highest BCUT2D eigenvalue weighted by molar-refractivity contribution is 6.25. The summed E-state index contributed by atoms with van der Waals surface area (Å²) in [5.74, 6) is 0. The molecule has 70 valence electrons. The molecule has 0 aliphatic heterocycles. The number of halogens is 1. The summed E-state index contributed by atoms with van der Waals surface area (Å²) in [6.07, 6.45) is 1.89. The Kier molecular flexibility index (Phi) is 4.58. The van der Waals surface area contributed by atoms with Gasteiger partial charge in [0.25, 0.3) is 0 Å². The molecule has 0 bridgehead atoms. The zero-order valence-electron chi connectivity index (χ0n) is 7.76. The molecule has 1 aromatic rings. The average Bonchev–Trinajstić information content (AvgIpc) is 2.13. The molecule has 1 aromatic carbocycles. The van der Waals surface area contributed by atoms with Gasteiger partial charge in [-0.15, -0.1) is 0 Å². The molecule has 13 heavy (non-hydrogen) atoms. The van der Waals surface area contributed by atoms with Crippen LogP contribution in [0.1, 0.15) is 11.1 Å². The molecular formula is C11H14ClN. The number of aryl methyl sites for hydroxylation is 1. The van der Waals surface area contributed by atoms with Crippen LogP contribution in [0.15, 0.2) is 35.9 Å². The van der Waals surface area contributed by atoms with Crippen LogP contribution in [0.25, 0.3) is 0 Å². The highest BCUT2D eigenvalue weighted by Crippen LogP contribution is 2.02. The minimum absolute atomic E-state index is 0.817. The molecule has 0 atom stereocenters. The van der Waals surface area contributed by atoms with Crippen LogP contribution in [0, 0.1) is 6.92 Å². The van der Waals surface area contributed by atoms with Gasteiger partial charge < -0.3 is 5.32 Å². The zero-order chi connectivity index (χ0) is 9.52. The molecule has 0 fully saturated rings. The molecule has 0 radical (unpaired) electrons. The fraction of sp³-hybridized carbons (Fsp3) is 0.273. The Morgan fingerprint density at radius 2 is 2.31 bits per heavy atom. The van der Waals surface area contributed by atoms with Gasteiger partial charge in [0.15, 0.2) is 0 Å². The van der Waals surface area contributed by atoms with E-state index in [9.17, 15) is 0 Å². The minimum Gasteiger partial charge on any atom is -0.309 e. The monoisotopic (exact) mass is 195 g/mol. The number of hydrogen-bond acceptors (Lipinski definition) is 1. The zero-order valence-corrected chi connectivity index (χ0v) is 8.51. The van der Waals surface area contributed by atoms with Crippen molar-refractivity contribution >= 4 is 11.6 Å². The summed E-state index contributed by atoms with van der Waals surface area (Å²) < 4.78 is 0. The van der Waals surface area contributed by atoms with Crippen LogP contribution in [0.5, 0.6) is 0 Å². The lowest BCUT2D eigenvalue weighted by Gasteiger charge is -2.02. The van der Waals surface area contributed by atoms with Crippen molar-refractivity contribution in [3.8, 4) is 0 Å². The third-order valence-corrected chi connectivity index (χ3v) is 1.94. The third-order valence-electron chi connectivity index (χ3n) is 1.76. The highest BCUT2D eigenvalue weighted by atomic mass is 35.5. The van der Waals surface area contributed by atoms with Crippen molar-refractivity contribution in [3.63, 3.8) is 0 Å². The first-order valence-corrected chi connectivity index (χ1v) is 4.78. The lowest BCUT2D eigenvalue weighted by molar-refractivity contribution is 0.759. The molecule has 0 aliphatic carbocycles. The fourth-order valence-electron chi connectivity index (χ4n) is 1.17. The van der Waals surface area contributed by atoms with Gasteiger partial charge in [0, 0.05) is 18.6 Å². The van der Waals surface area contributed by atoms with E-state index in [1.807, 2.05) is 6.08 Å². The quantitative estimate of drug-likeness (QED) is 0.729. The van der Waals surface area contributed by atoms with Crippen molar-refractivity contribution in [2.24, 2.45) is 0 Å². The molecule has 0 unspecified atom stereocenters. The SMILES string of the molecule is Cc1cccc(CNC/C=C/Cl)c1. The molecule has 0 amide bonds. The van der Waals surface area contributed by atoms with Crippen LogP contribution >= 0.6 is 11.6 Å². The summed E-state index contributed by atoms with van der Waals surface area (Å²) in [5, 5.41) is 3.26. The van der Waals surface area contributed by atoms with E-state index in [2.05, 4.69) is 36.5 Å². The second kappa shape index (κ2) is 5.79. The molecule has 1 rings (SSSR count). The van der Waals surface area contributed by atoms with E-state index in [4.69, 9.17) is 11.6 Å². The average molecular weight is 196 g/mol. The van der Waals surface area contributed by atoms with E-state index in [0.29, 0.717) is 0 Å². The lowest BCUT2D eigenvalue weighted by atomic mass is 10.1. The van der Waals surface area contributed by atoms with Crippen molar-refractivity contribution in [3.05, 3.63) is 47.0 Å². The predicted molar refractivity (Wildman–Crippen MR) is 57.9 cm³/mol. The summed E-state index contributed by atoms with van der Waals surface area (Å²) in [6, 6.07) is 8.47. The number of hydrogen-bond donors (Lipinski definition) is 1.